The fourth-order valence-corrected chi connectivity index (χ4v) is 2.23. The molecule has 0 unspecified atom stereocenters. The first-order valence-corrected chi connectivity index (χ1v) is 6.65. The van der Waals surface area contributed by atoms with Gasteiger partial charge in [-0.1, -0.05) is 23.8 Å². The molecule has 0 fully saturated rings. The molecule has 1 heterocycles. The summed E-state index contributed by atoms with van der Waals surface area (Å²) in [4.78, 5) is 12.4. The van der Waals surface area contributed by atoms with Crippen molar-refractivity contribution < 1.29 is 9.21 Å². The van der Waals surface area contributed by atoms with E-state index in [1.165, 1.54) is 0 Å². The molecular weight excluding hydrogens is 296 g/mol. The van der Waals surface area contributed by atoms with Crippen molar-refractivity contribution in [2.45, 2.75) is 13.8 Å². The third kappa shape index (κ3) is 3.00. The summed E-state index contributed by atoms with van der Waals surface area (Å²) in [5, 5.41) is 3.24. The standard InChI is InChI=1S/C14H13ClN2O2S/c1-7-5-11(8(2)19-7)14(18)17-12-6-9(15)3-4-10(12)13(16)20/h3-6H,1-2H3,(H2,16,20)(H,17,18). The zero-order valence-corrected chi connectivity index (χ0v) is 12.6. The lowest BCUT2D eigenvalue weighted by Crippen LogP contribution is -2.17. The molecule has 4 nitrogen and oxygen atoms in total. The van der Waals surface area contributed by atoms with E-state index in [-0.39, 0.29) is 10.9 Å². The molecule has 0 spiro atoms. The van der Waals surface area contributed by atoms with Gasteiger partial charge in [0.05, 0.1) is 11.3 Å². The molecular formula is C14H13ClN2O2S. The molecule has 0 atom stereocenters. The summed E-state index contributed by atoms with van der Waals surface area (Å²) < 4.78 is 5.34. The van der Waals surface area contributed by atoms with Gasteiger partial charge in [-0.3, -0.25) is 4.79 Å². The Bertz CT molecular complexity index is 694. The van der Waals surface area contributed by atoms with Crippen molar-refractivity contribution >= 4 is 40.4 Å². The van der Waals surface area contributed by atoms with Gasteiger partial charge in [-0.25, -0.2) is 0 Å². The number of nitrogens with two attached hydrogens (primary N) is 1. The van der Waals surface area contributed by atoms with E-state index in [0.717, 1.165) is 0 Å². The number of benzene rings is 1. The van der Waals surface area contributed by atoms with Gasteiger partial charge in [-0.05, 0) is 38.1 Å². The van der Waals surface area contributed by atoms with Gasteiger partial charge < -0.3 is 15.5 Å². The first kappa shape index (κ1) is 14.6. The van der Waals surface area contributed by atoms with Crippen molar-refractivity contribution in [2.75, 3.05) is 5.32 Å². The topological polar surface area (TPSA) is 68.3 Å². The molecule has 0 radical (unpaired) electrons. The fraction of sp³-hybridized carbons (Fsp3) is 0.143. The van der Waals surface area contributed by atoms with E-state index in [1.807, 2.05) is 0 Å². The molecule has 0 aliphatic rings. The first-order valence-electron chi connectivity index (χ1n) is 5.86. The van der Waals surface area contributed by atoms with Gasteiger partial charge in [0.1, 0.15) is 16.5 Å². The molecule has 1 amide bonds. The maximum Gasteiger partial charge on any atom is 0.259 e. The van der Waals surface area contributed by atoms with Gasteiger partial charge in [0.2, 0.25) is 0 Å². The van der Waals surface area contributed by atoms with Crippen LogP contribution < -0.4 is 11.1 Å². The molecule has 20 heavy (non-hydrogen) atoms. The highest BCUT2D eigenvalue weighted by Gasteiger charge is 2.16. The van der Waals surface area contributed by atoms with E-state index < -0.39 is 0 Å². The molecule has 0 bridgehead atoms. The lowest BCUT2D eigenvalue weighted by atomic mass is 10.1. The number of hydrogen-bond acceptors (Lipinski definition) is 3. The van der Waals surface area contributed by atoms with Gasteiger partial charge in [0.15, 0.2) is 0 Å². The Kier molecular flexibility index (Phi) is 4.11. The van der Waals surface area contributed by atoms with Crippen LogP contribution in [0.1, 0.15) is 27.4 Å². The van der Waals surface area contributed by atoms with Crippen molar-refractivity contribution in [2.24, 2.45) is 5.73 Å². The van der Waals surface area contributed by atoms with Gasteiger partial charge in [-0.15, -0.1) is 0 Å². The number of furan rings is 1. The second-order valence-electron chi connectivity index (χ2n) is 4.34. The van der Waals surface area contributed by atoms with E-state index in [4.69, 9.17) is 34.0 Å². The van der Waals surface area contributed by atoms with Crippen LogP contribution in [0.5, 0.6) is 0 Å². The number of carbonyl (C=O) groups excluding carboxylic acids is 1. The molecule has 1 aromatic carbocycles. The Hall–Kier alpha value is -1.85. The van der Waals surface area contributed by atoms with Gasteiger partial charge in [-0.2, -0.15) is 0 Å². The summed E-state index contributed by atoms with van der Waals surface area (Å²) in [5.41, 5.74) is 7.15. The molecule has 0 saturated heterocycles. The van der Waals surface area contributed by atoms with Gasteiger partial charge >= 0.3 is 0 Å². The molecule has 0 aliphatic heterocycles. The molecule has 6 heteroatoms. The largest absolute Gasteiger partial charge is 0.466 e. The summed E-state index contributed by atoms with van der Waals surface area (Å²) >= 11 is 10.9. The molecule has 104 valence electrons. The van der Waals surface area contributed by atoms with Crippen molar-refractivity contribution in [3.8, 4) is 0 Å². The Balaban J connectivity index is 2.34. The van der Waals surface area contributed by atoms with Gasteiger partial charge in [0.25, 0.3) is 5.91 Å². The minimum Gasteiger partial charge on any atom is -0.466 e. The van der Waals surface area contributed by atoms with Gasteiger partial charge in [0, 0.05) is 10.6 Å². The zero-order chi connectivity index (χ0) is 14.9. The Morgan fingerprint density at radius 3 is 2.55 bits per heavy atom. The molecule has 2 aromatic rings. The molecule has 2 rings (SSSR count). The highest BCUT2D eigenvalue weighted by molar-refractivity contribution is 7.80. The summed E-state index contributed by atoms with van der Waals surface area (Å²) in [6.07, 6.45) is 0. The van der Waals surface area contributed by atoms with Crippen molar-refractivity contribution in [3.05, 3.63) is 51.9 Å². The van der Waals surface area contributed by atoms with Crippen LogP contribution in [0, 0.1) is 13.8 Å². The number of nitrogens with one attached hydrogen (secondary N) is 1. The summed E-state index contributed by atoms with van der Waals surface area (Å²) in [7, 11) is 0. The second kappa shape index (κ2) is 5.64. The predicted molar refractivity (Wildman–Crippen MR) is 83.5 cm³/mol. The third-order valence-corrected chi connectivity index (χ3v) is 3.24. The molecule has 0 aliphatic carbocycles. The monoisotopic (exact) mass is 308 g/mol. The normalized spacial score (nSPS) is 10.3. The highest BCUT2D eigenvalue weighted by atomic mass is 35.5. The van der Waals surface area contributed by atoms with E-state index in [9.17, 15) is 4.79 Å². The van der Waals surface area contributed by atoms with Crippen LogP contribution in [-0.4, -0.2) is 10.9 Å². The zero-order valence-electron chi connectivity index (χ0n) is 11.0. The number of halogens is 1. The van der Waals surface area contributed by atoms with E-state index in [1.54, 1.807) is 38.1 Å². The molecule has 0 saturated carbocycles. The highest BCUT2D eigenvalue weighted by Crippen LogP contribution is 2.23. The smallest absolute Gasteiger partial charge is 0.259 e. The van der Waals surface area contributed by atoms with Crippen LogP contribution >= 0.6 is 23.8 Å². The Labute approximate surface area is 126 Å². The average Bonchev–Trinajstić information content (AvgIpc) is 2.68. The minimum atomic E-state index is -0.292. The second-order valence-corrected chi connectivity index (χ2v) is 5.21. The number of thiocarbonyl (C=S) groups is 1. The maximum atomic E-state index is 12.2. The Morgan fingerprint density at radius 2 is 2.00 bits per heavy atom. The maximum absolute atomic E-state index is 12.2. The summed E-state index contributed by atoms with van der Waals surface area (Å²) in [5.74, 6) is 0.936. The van der Waals surface area contributed by atoms with Crippen LogP contribution in [0.2, 0.25) is 5.02 Å². The van der Waals surface area contributed by atoms with Crippen molar-refractivity contribution in [3.63, 3.8) is 0 Å². The van der Waals surface area contributed by atoms with Crippen LogP contribution in [0.25, 0.3) is 0 Å². The number of aryl methyl sites for hydroxylation is 2. The van der Waals surface area contributed by atoms with E-state index >= 15 is 0 Å². The van der Waals surface area contributed by atoms with Crippen LogP contribution in [0.4, 0.5) is 5.69 Å². The van der Waals surface area contributed by atoms with Crippen molar-refractivity contribution in [1.29, 1.82) is 0 Å². The first-order chi connectivity index (χ1) is 9.38. The lowest BCUT2D eigenvalue weighted by molar-refractivity contribution is 0.102. The number of carbonyl (C=O) groups is 1. The van der Waals surface area contributed by atoms with Crippen LogP contribution in [0.15, 0.2) is 28.7 Å². The summed E-state index contributed by atoms with van der Waals surface area (Å²) in [6.45, 7) is 3.51. The number of hydrogen-bond donors (Lipinski definition) is 2. The fourth-order valence-electron chi connectivity index (χ4n) is 1.88. The number of rotatable bonds is 3. The lowest BCUT2D eigenvalue weighted by Gasteiger charge is -2.10. The minimum absolute atomic E-state index is 0.192. The summed E-state index contributed by atoms with van der Waals surface area (Å²) in [6, 6.07) is 6.62. The van der Waals surface area contributed by atoms with E-state index in [2.05, 4.69) is 5.32 Å². The quantitative estimate of drug-likeness (QED) is 0.852. The van der Waals surface area contributed by atoms with Crippen LogP contribution in [0.3, 0.4) is 0 Å². The van der Waals surface area contributed by atoms with Crippen molar-refractivity contribution in [1.82, 2.24) is 0 Å². The van der Waals surface area contributed by atoms with Crippen LogP contribution in [-0.2, 0) is 0 Å². The van der Waals surface area contributed by atoms with E-state index in [0.29, 0.717) is 33.4 Å². The third-order valence-electron chi connectivity index (χ3n) is 2.78. The average molecular weight is 309 g/mol. The predicted octanol–water partition coefficient (Wildman–Crippen LogP) is 3.44. The Morgan fingerprint density at radius 1 is 1.30 bits per heavy atom. The number of anilines is 1. The SMILES string of the molecule is Cc1cc(C(=O)Nc2cc(Cl)ccc2C(N)=S)c(C)o1. The molecule has 1 aromatic heterocycles. The molecule has 3 N–H and O–H groups in total. The number of amides is 1.